The summed E-state index contributed by atoms with van der Waals surface area (Å²) in [5.41, 5.74) is 0. The molecule has 0 N–H and O–H groups in total. The summed E-state index contributed by atoms with van der Waals surface area (Å²) in [5, 5.41) is 0. The van der Waals surface area contributed by atoms with E-state index < -0.39 is 0 Å². The molecule has 0 radical (unpaired) electrons. The molecule has 0 amide bonds. The second-order valence-corrected chi connectivity index (χ2v) is 4.03. The predicted octanol–water partition coefficient (Wildman–Crippen LogP) is 3.55. The first-order valence-electron chi connectivity index (χ1n) is 5.86. The van der Waals surface area contributed by atoms with E-state index >= 15 is 0 Å². The molecule has 0 saturated heterocycles. The number of carbonyl (C=O) groups excluding carboxylic acids is 1. The SMILES string of the molecule is CCCCC[C@@H](C)CC(=O)OCCC. The lowest BCUT2D eigenvalue weighted by Crippen LogP contribution is -2.10. The van der Waals surface area contributed by atoms with Gasteiger partial charge < -0.3 is 4.74 Å². The molecule has 84 valence electrons. The van der Waals surface area contributed by atoms with Crippen LogP contribution in [0.4, 0.5) is 0 Å². The standard InChI is InChI=1S/C12H24O2/c1-4-6-7-8-11(3)10-12(13)14-9-5-2/h11H,4-10H2,1-3H3/t11-/m1/s1. The van der Waals surface area contributed by atoms with E-state index in [-0.39, 0.29) is 5.97 Å². The van der Waals surface area contributed by atoms with Gasteiger partial charge in [-0.15, -0.1) is 0 Å². The van der Waals surface area contributed by atoms with Gasteiger partial charge in [-0.1, -0.05) is 46.5 Å². The molecule has 0 unspecified atom stereocenters. The molecule has 0 spiro atoms. The van der Waals surface area contributed by atoms with E-state index in [2.05, 4.69) is 13.8 Å². The van der Waals surface area contributed by atoms with Crippen LogP contribution in [-0.2, 0) is 9.53 Å². The lowest BCUT2D eigenvalue weighted by molar-refractivity contribution is -0.144. The van der Waals surface area contributed by atoms with Crippen LogP contribution in [-0.4, -0.2) is 12.6 Å². The molecule has 0 aliphatic carbocycles. The first-order valence-corrected chi connectivity index (χ1v) is 5.86. The summed E-state index contributed by atoms with van der Waals surface area (Å²) < 4.78 is 5.03. The van der Waals surface area contributed by atoms with Crippen LogP contribution in [0, 0.1) is 5.92 Å². The molecule has 0 aromatic carbocycles. The van der Waals surface area contributed by atoms with E-state index in [4.69, 9.17) is 4.74 Å². The van der Waals surface area contributed by atoms with E-state index in [0.717, 1.165) is 12.8 Å². The van der Waals surface area contributed by atoms with Crippen molar-refractivity contribution in [2.45, 2.75) is 59.3 Å². The number of hydrogen-bond acceptors (Lipinski definition) is 2. The van der Waals surface area contributed by atoms with Crippen molar-refractivity contribution in [2.24, 2.45) is 5.92 Å². The zero-order valence-corrected chi connectivity index (χ0v) is 9.84. The van der Waals surface area contributed by atoms with E-state index in [0.29, 0.717) is 18.9 Å². The fraction of sp³-hybridized carbons (Fsp3) is 0.917. The average Bonchev–Trinajstić information content (AvgIpc) is 2.15. The Kier molecular flexibility index (Phi) is 8.70. The maximum absolute atomic E-state index is 11.2. The van der Waals surface area contributed by atoms with Crippen LogP contribution in [0.2, 0.25) is 0 Å². The van der Waals surface area contributed by atoms with Crippen LogP contribution in [0.25, 0.3) is 0 Å². The Bertz CT molecular complexity index is 143. The second-order valence-electron chi connectivity index (χ2n) is 4.03. The highest BCUT2D eigenvalue weighted by Crippen LogP contribution is 2.13. The first kappa shape index (κ1) is 13.5. The Hall–Kier alpha value is -0.530. The summed E-state index contributed by atoms with van der Waals surface area (Å²) in [7, 11) is 0. The molecular weight excluding hydrogens is 176 g/mol. The Labute approximate surface area is 88.0 Å². The zero-order valence-electron chi connectivity index (χ0n) is 9.84. The molecule has 2 heteroatoms. The molecule has 0 aliphatic heterocycles. The normalized spacial score (nSPS) is 12.5. The number of ether oxygens (including phenoxy) is 1. The van der Waals surface area contributed by atoms with Gasteiger partial charge in [0, 0.05) is 6.42 Å². The topological polar surface area (TPSA) is 26.3 Å². The number of esters is 1. The molecule has 0 heterocycles. The molecule has 0 aromatic heterocycles. The van der Waals surface area contributed by atoms with Crippen molar-refractivity contribution in [3.05, 3.63) is 0 Å². The van der Waals surface area contributed by atoms with Gasteiger partial charge >= 0.3 is 5.97 Å². The van der Waals surface area contributed by atoms with Crippen molar-refractivity contribution in [3.8, 4) is 0 Å². The Morgan fingerprint density at radius 1 is 1.21 bits per heavy atom. The lowest BCUT2D eigenvalue weighted by atomic mass is 10.0. The highest BCUT2D eigenvalue weighted by atomic mass is 16.5. The third-order valence-corrected chi connectivity index (χ3v) is 2.28. The minimum Gasteiger partial charge on any atom is -0.466 e. The number of unbranched alkanes of at least 4 members (excludes halogenated alkanes) is 2. The zero-order chi connectivity index (χ0) is 10.8. The molecule has 2 nitrogen and oxygen atoms in total. The third kappa shape index (κ3) is 8.09. The fourth-order valence-electron chi connectivity index (χ4n) is 1.40. The largest absolute Gasteiger partial charge is 0.466 e. The highest BCUT2D eigenvalue weighted by molar-refractivity contribution is 5.69. The second kappa shape index (κ2) is 9.04. The van der Waals surface area contributed by atoms with Gasteiger partial charge in [-0.3, -0.25) is 4.79 Å². The van der Waals surface area contributed by atoms with Gasteiger partial charge in [-0.25, -0.2) is 0 Å². The summed E-state index contributed by atoms with van der Waals surface area (Å²) >= 11 is 0. The number of carbonyl (C=O) groups is 1. The summed E-state index contributed by atoms with van der Waals surface area (Å²) in [6, 6.07) is 0. The molecule has 0 aliphatic rings. The first-order chi connectivity index (χ1) is 6.70. The van der Waals surface area contributed by atoms with Crippen molar-refractivity contribution in [3.63, 3.8) is 0 Å². The van der Waals surface area contributed by atoms with E-state index in [1.807, 2.05) is 6.92 Å². The monoisotopic (exact) mass is 200 g/mol. The van der Waals surface area contributed by atoms with Gasteiger partial charge in [0.1, 0.15) is 0 Å². The van der Waals surface area contributed by atoms with Crippen LogP contribution in [0.3, 0.4) is 0 Å². The lowest BCUT2D eigenvalue weighted by Gasteiger charge is -2.10. The van der Waals surface area contributed by atoms with Crippen LogP contribution in [0.1, 0.15) is 59.3 Å². The van der Waals surface area contributed by atoms with Crippen LogP contribution < -0.4 is 0 Å². The van der Waals surface area contributed by atoms with Crippen molar-refractivity contribution < 1.29 is 9.53 Å². The number of rotatable bonds is 8. The molecule has 0 rings (SSSR count). The molecule has 1 atom stereocenters. The van der Waals surface area contributed by atoms with Gasteiger partial charge in [0.15, 0.2) is 0 Å². The summed E-state index contributed by atoms with van der Waals surface area (Å²) in [6.07, 6.45) is 6.40. The minimum absolute atomic E-state index is 0.0316. The van der Waals surface area contributed by atoms with Crippen molar-refractivity contribution in [1.29, 1.82) is 0 Å². The average molecular weight is 200 g/mol. The van der Waals surface area contributed by atoms with Gasteiger partial charge in [0.25, 0.3) is 0 Å². The maximum Gasteiger partial charge on any atom is 0.306 e. The molecule has 0 saturated carbocycles. The maximum atomic E-state index is 11.2. The summed E-state index contributed by atoms with van der Waals surface area (Å²) in [4.78, 5) is 11.2. The van der Waals surface area contributed by atoms with E-state index in [1.54, 1.807) is 0 Å². The van der Waals surface area contributed by atoms with Gasteiger partial charge in [0.2, 0.25) is 0 Å². The van der Waals surface area contributed by atoms with Crippen molar-refractivity contribution in [2.75, 3.05) is 6.61 Å². The Morgan fingerprint density at radius 3 is 2.50 bits per heavy atom. The molecule has 0 bridgehead atoms. The van der Waals surface area contributed by atoms with Gasteiger partial charge in [-0.05, 0) is 12.3 Å². The van der Waals surface area contributed by atoms with Gasteiger partial charge in [-0.2, -0.15) is 0 Å². The predicted molar refractivity (Wildman–Crippen MR) is 59.2 cm³/mol. The number of hydrogen-bond donors (Lipinski definition) is 0. The van der Waals surface area contributed by atoms with Crippen molar-refractivity contribution >= 4 is 5.97 Å². The smallest absolute Gasteiger partial charge is 0.306 e. The Balaban J connectivity index is 3.40. The third-order valence-electron chi connectivity index (χ3n) is 2.28. The van der Waals surface area contributed by atoms with Crippen molar-refractivity contribution in [1.82, 2.24) is 0 Å². The van der Waals surface area contributed by atoms with E-state index in [1.165, 1.54) is 19.3 Å². The molecule has 14 heavy (non-hydrogen) atoms. The molecule has 0 aromatic rings. The summed E-state index contributed by atoms with van der Waals surface area (Å²) in [6.45, 7) is 6.90. The van der Waals surface area contributed by atoms with Crippen LogP contribution in [0.5, 0.6) is 0 Å². The minimum atomic E-state index is -0.0316. The van der Waals surface area contributed by atoms with E-state index in [9.17, 15) is 4.79 Å². The quantitative estimate of drug-likeness (QED) is 0.442. The van der Waals surface area contributed by atoms with Gasteiger partial charge in [0.05, 0.1) is 6.61 Å². The summed E-state index contributed by atoms with van der Waals surface area (Å²) in [5.74, 6) is 0.446. The fourth-order valence-corrected chi connectivity index (χ4v) is 1.40. The van der Waals surface area contributed by atoms with Crippen LogP contribution >= 0.6 is 0 Å². The highest BCUT2D eigenvalue weighted by Gasteiger charge is 2.09. The van der Waals surface area contributed by atoms with Crippen LogP contribution in [0.15, 0.2) is 0 Å². The Morgan fingerprint density at radius 2 is 1.93 bits per heavy atom. The molecular formula is C12H24O2. The molecule has 0 fully saturated rings.